The summed E-state index contributed by atoms with van der Waals surface area (Å²) in [5.41, 5.74) is 5.26. The van der Waals surface area contributed by atoms with Gasteiger partial charge in [-0.25, -0.2) is 12.6 Å². The number of nitrogens with one attached hydrogen (secondary N) is 1. The number of aryl methyl sites for hydroxylation is 1. The molecule has 0 radical (unpaired) electrons. The van der Waals surface area contributed by atoms with Crippen LogP contribution in [-0.4, -0.2) is 45.9 Å². The molecular weight excluding hydrogens is 388 g/mol. The van der Waals surface area contributed by atoms with Crippen LogP contribution in [0, 0.1) is 6.92 Å². The summed E-state index contributed by atoms with van der Waals surface area (Å²) in [6.07, 6.45) is 0. The van der Waals surface area contributed by atoms with Crippen LogP contribution in [0.5, 0.6) is 0 Å². The maximum Gasteiger partial charge on any atom is 0.321 e. The van der Waals surface area contributed by atoms with Crippen molar-refractivity contribution in [3.63, 3.8) is 0 Å². The van der Waals surface area contributed by atoms with Crippen molar-refractivity contribution in [2.75, 3.05) is 14.9 Å². The zero-order chi connectivity index (χ0) is 19.5. The minimum atomic E-state index is -3.94. The normalized spacial score (nSPS) is 13.8. The summed E-state index contributed by atoms with van der Waals surface area (Å²) in [6, 6.07) is 4.72. The Bertz CT molecular complexity index is 911. The zero-order valence-electron chi connectivity index (χ0n) is 13.4. The number of hydrogen-bond donors (Lipinski definition) is 4. The van der Waals surface area contributed by atoms with E-state index in [-0.39, 0.29) is 16.4 Å². The van der Waals surface area contributed by atoms with Gasteiger partial charge in [-0.05, 0) is 31.2 Å². The van der Waals surface area contributed by atoms with Crippen molar-refractivity contribution >= 4 is 38.5 Å². The highest BCUT2D eigenvalue weighted by atomic mass is 32.2. The van der Waals surface area contributed by atoms with Crippen molar-refractivity contribution in [3.8, 4) is 0 Å². The molecule has 0 aliphatic heterocycles. The minimum Gasteiger partial charge on any atom is -0.480 e. The van der Waals surface area contributed by atoms with E-state index in [1.165, 1.54) is 30.3 Å². The van der Waals surface area contributed by atoms with Gasteiger partial charge in [0.1, 0.15) is 22.8 Å². The summed E-state index contributed by atoms with van der Waals surface area (Å²) in [7, 11) is -6.07. The molecule has 5 N–H and O–H groups in total. The van der Waals surface area contributed by atoms with Crippen molar-refractivity contribution in [2.45, 2.75) is 17.9 Å². The van der Waals surface area contributed by atoms with Crippen LogP contribution in [0.4, 0.5) is 11.5 Å². The van der Waals surface area contributed by atoms with Crippen molar-refractivity contribution in [1.82, 2.24) is 5.16 Å². The molecule has 2 aromatic rings. The minimum absolute atomic E-state index is 0.00264. The molecule has 2 atom stereocenters. The standard InChI is InChI=1S/C13H16N4O7S2/c1-8-6-12(15-24-8)16-26(22,23)10-4-2-9(3-5-10)17(20)25(21)7-11(14)13(18)19/h2-6,11,20H,7,14H2,1H3,(H,15,16)(H,18,19). The molecule has 2 rings (SSSR count). The fourth-order valence-electron chi connectivity index (χ4n) is 1.78. The van der Waals surface area contributed by atoms with Gasteiger partial charge < -0.3 is 15.4 Å². The van der Waals surface area contributed by atoms with E-state index in [4.69, 9.17) is 15.4 Å². The van der Waals surface area contributed by atoms with Crippen molar-refractivity contribution < 1.29 is 32.3 Å². The lowest BCUT2D eigenvalue weighted by Crippen LogP contribution is -2.39. The highest BCUT2D eigenvalue weighted by Gasteiger charge is 2.21. The first-order chi connectivity index (χ1) is 12.1. The highest BCUT2D eigenvalue weighted by Crippen LogP contribution is 2.20. The Hall–Kier alpha value is -2.48. The molecule has 1 heterocycles. The molecule has 1 aromatic heterocycles. The second kappa shape index (κ2) is 7.82. The monoisotopic (exact) mass is 404 g/mol. The van der Waals surface area contributed by atoms with Crippen LogP contribution in [0.2, 0.25) is 0 Å². The first-order valence-corrected chi connectivity index (χ1v) is 9.78. The summed E-state index contributed by atoms with van der Waals surface area (Å²) < 4.78 is 43.6. The number of sulfonamides is 1. The van der Waals surface area contributed by atoms with Crippen LogP contribution in [0.3, 0.4) is 0 Å². The van der Waals surface area contributed by atoms with E-state index in [1.807, 2.05) is 0 Å². The molecule has 0 aliphatic carbocycles. The Morgan fingerprint density at radius 2 is 2.04 bits per heavy atom. The molecule has 142 valence electrons. The first-order valence-electron chi connectivity index (χ1n) is 7.02. The quantitative estimate of drug-likeness (QED) is 0.443. The van der Waals surface area contributed by atoms with Gasteiger partial charge in [-0.1, -0.05) is 5.16 Å². The Morgan fingerprint density at radius 3 is 2.54 bits per heavy atom. The van der Waals surface area contributed by atoms with Gasteiger partial charge in [-0.2, -0.15) is 4.47 Å². The molecule has 1 aromatic carbocycles. The Labute approximate surface area is 151 Å². The lowest BCUT2D eigenvalue weighted by Gasteiger charge is -2.17. The summed E-state index contributed by atoms with van der Waals surface area (Å²) in [4.78, 5) is 10.5. The number of carboxylic acid groups (broad SMARTS) is 1. The molecule has 26 heavy (non-hydrogen) atoms. The zero-order valence-corrected chi connectivity index (χ0v) is 15.0. The number of anilines is 2. The van der Waals surface area contributed by atoms with Gasteiger partial charge in [-0.15, -0.1) is 0 Å². The molecule has 0 saturated carbocycles. The van der Waals surface area contributed by atoms with Gasteiger partial charge in [0.25, 0.3) is 10.0 Å². The Balaban J connectivity index is 2.11. The number of nitrogens with two attached hydrogens (primary N) is 1. The molecule has 11 nitrogen and oxygen atoms in total. The average molecular weight is 404 g/mol. The lowest BCUT2D eigenvalue weighted by atomic mass is 10.3. The number of rotatable bonds is 8. The SMILES string of the molecule is Cc1cc(NS(=O)(=O)c2ccc(N(O)S(=O)CC(N)C(=O)O)cc2)no1. The average Bonchev–Trinajstić information content (AvgIpc) is 2.98. The fraction of sp³-hybridized carbons (Fsp3) is 0.231. The predicted octanol–water partition coefficient (Wildman–Crippen LogP) is 0.0550. The lowest BCUT2D eigenvalue weighted by molar-refractivity contribution is -0.137. The Kier molecular flexibility index (Phi) is 5.97. The van der Waals surface area contributed by atoms with Crippen molar-refractivity contribution in [2.24, 2.45) is 5.73 Å². The number of aliphatic carboxylic acids is 1. The second-order valence-corrected chi connectivity index (χ2v) is 8.13. The number of carbonyl (C=O) groups is 1. The van der Waals surface area contributed by atoms with Gasteiger partial charge in [0.2, 0.25) is 0 Å². The molecule has 0 spiro atoms. The van der Waals surface area contributed by atoms with Crippen LogP contribution in [0.1, 0.15) is 5.76 Å². The van der Waals surface area contributed by atoms with Crippen molar-refractivity contribution in [3.05, 3.63) is 36.1 Å². The molecule has 0 bridgehead atoms. The largest absolute Gasteiger partial charge is 0.480 e. The van der Waals surface area contributed by atoms with Crippen LogP contribution >= 0.6 is 0 Å². The van der Waals surface area contributed by atoms with E-state index in [0.717, 1.165) is 0 Å². The molecule has 0 amide bonds. The van der Waals surface area contributed by atoms with Crippen LogP contribution in [-0.2, 0) is 25.8 Å². The summed E-state index contributed by atoms with van der Waals surface area (Å²) in [5, 5.41) is 22.1. The van der Waals surface area contributed by atoms with E-state index < -0.39 is 38.8 Å². The second-order valence-electron chi connectivity index (χ2n) is 5.13. The van der Waals surface area contributed by atoms with Gasteiger partial charge >= 0.3 is 5.97 Å². The fourth-order valence-corrected chi connectivity index (χ4v) is 3.71. The number of nitrogens with zero attached hydrogens (tertiary/aromatic N) is 2. The Morgan fingerprint density at radius 1 is 1.42 bits per heavy atom. The maximum absolute atomic E-state index is 12.2. The van der Waals surface area contributed by atoms with E-state index >= 15 is 0 Å². The first kappa shape index (κ1) is 19.8. The predicted molar refractivity (Wildman–Crippen MR) is 91.4 cm³/mol. The van der Waals surface area contributed by atoms with E-state index in [2.05, 4.69) is 9.88 Å². The van der Waals surface area contributed by atoms with Gasteiger partial charge in [0, 0.05) is 6.07 Å². The van der Waals surface area contributed by atoms with Crippen LogP contribution < -0.4 is 14.9 Å². The van der Waals surface area contributed by atoms with E-state index in [9.17, 15) is 22.6 Å². The van der Waals surface area contributed by atoms with Crippen molar-refractivity contribution in [1.29, 1.82) is 0 Å². The summed E-state index contributed by atoms with van der Waals surface area (Å²) >= 11 is 0. The number of carboxylic acids is 1. The van der Waals surface area contributed by atoms with E-state index in [0.29, 0.717) is 10.2 Å². The molecular formula is C13H16N4O7S2. The number of hydrogen-bond acceptors (Lipinski definition) is 8. The van der Waals surface area contributed by atoms with Gasteiger partial charge in [-0.3, -0.25) is 14.7 Å². The molecule has 13 heteroatoms. The number of benzene rings is 1. The molecule has 0 fully saturated rings. The maximum atomic E-state index is 12.2. The topological polar surface area (TPSA) is 176 Å². The van der Waals surface area contributed by atoms with Crippen LogP contribution in [0.15, 0.2) is 39.8 Å². The third-order valence-corrected chi connectivity index (χ3v) is 5.68. The summed E-state index contributed by atoms with van der Waals surface area (Å²) in [5.74, 6) is -1.43. The molecule has 0 aliphatic rings. The third-order valence-electron chi connectivity index (χ3n) is 3.07. The van der Waals surface area contributed by atoms with E-state index in [1.54, 1.807) is 6.92 Å². The molecule has 2 unspecified atom stereocenters. The third kappa shape index (κ3) is 4.78. The highest BCUT2D eigenvalue weighted by molar-refractivity contribution is 7.92. The summed E-state index contributed by atoms with van der Waals surface area (Å²) in [6.45, 7) is 1.60. The van der Waals surface area contributed by atoms with Gasteiger partial charge in [0.15, 0.2) is 5.82 Å². The molecule has 0 saturated heterocycles. The van der Waals surface area contributed by atoms with Crippen LogP contribution in [0.25, 0.3) is 0 Å². The van der Waals surface area contributed by atoms with Gasteiger partial charge in [0.05, 0.1) is 16.3 Å². The number of aromatic nitrogens is 1. The smallest absolute Gasteiger partial charge is 0.321 e.